The second-order valence-corrected chi connectivity index (χ2v) is 13.9. The van der Waals surface area contributed by atoms with E-state index in [1.165, 1.54) is 17.4 Å². The van der Waals surface area contributed by atoms with Crippen molar-refractivity contribution < 1.29 is 19.0 Å². The smallest absolute Gasteiger partial charge is 0.355 e. The number of aryl methyl sites for hydroxylation is 1. The zero-order valence-electron chi connectivity index (χ0n) is 26.2. The van der Waals surface area contributed by atoms with Crippen molar-refractivity contribution in [1.29, 1.82) is 0 Å². The van der Waals surface area contributed by atoms with Crippen molar-refractivity contribution in [3.63, 3.8) is 0 Å². The van der Waals surface area contributed by atoms with Crippen LogP contribution in [-0.2, 0) is 12.8 Å². The van der Waals surface area contributed by atoms with Crippen LogP contribution in [0.4, 0.5) is 32.0 Å². The summed E-state index contributed by atoms with van der Waals surface area (Å²) in [4.78, 5) is 28.4. The molecular formula is C33H35FN8O3S2. The number of thiazole rings is 2. The molecule has 1 fully saturated rings. The van der Waals surface area contributed by atoms with Gasteiger partial charge in [-0.1, -0.05) is 23.5 Å². The summed E-state index contributed by atoms with van der Waals surface area (Å²) in [5.74, 6) is 0.0677. The van der Waals surface area contributed by atoms with Crippen molar-refractivity contribution in [2.75, 3.05) is 61.5 Å². The summed E-state index contributed by atoms with van der Waals surface area (Å²) in [6.45, 7) is 6.53. The molecule has 11 nitrogen and oxygen atoms in total. The molecule has 0 amide bonds. The molecule has 2 aliphatic heterocycles. The van der Waals surface area contributed by atoms with Gasteiger partial charge in [0.25, 0.3) is 0 Å². The molecular weight excluding hydrogens is 640 g/mol. The predicted molar refractivity (Wildman–Crippen MR) is 184 cm³/mol. The molecule has 0 atom stereocenters. The Hall–Kier alpha value is -4.40. The number of hydrogen-bond donors (Lipinski definition) is 2. The predicted octanol–water partition coefficient (Wildman–Crippen LogP) is 6.28. The lowest BCUT2D eigenvalue weighted by Crippen LogP contribution is -2.44. The fourth-order valence-electron chi connectivity index (χ4n) is 5.99. The molecule has 3 aromatic heterocycles. The van der Waals surface area contributed by atoms with E-state index in [-0.39, 0.29) is 18.1 Å². The van der Waals surface area contributed by atoms with Crippen LogP contribution < -0.4 is 19.9 Å². The van der Waals surface area contributed by atoms with Gasteiger partial charge in [0.05, 0.1) is 16.8 Å². The van der Waals surface area contributed by atoms with E-state index >= 15 is 0 Å². The lowest BCUT2D eigenvalue weighted by Gasteiger charge is -2.34. The van der Waals surface area contributed by atoms with E-state index in [0.29, 0.717) is 41.0 Å². The van der Waals surface area contributed by atoms with Crippen molar-refractivity contribution in [2.24, 2.45) is 0 Å². The Morgan fingerprint density at radius 1 is 1.06 bits per heavy atom. The van der Waals surface area contributed by atoms with Crippen LogP contribution in [0.25, 0.3) is 10.2 Å². The van der Waals surface area contributed by atoms with E-state index in [1.54, 1.807) is 17.4 Å². The second-order valence-electron chi connectivity index (χ2n) is 11.8. The fourth-order valence-corrected chi connectivity index (χ4v) is 7.97. The van der Waals surface area contributed by atoms with Crippen molar-refractivity contribution >= 4 is 66.4 Å². The number of para-hydroxylation sites is 1. The Labute approximate surface area is 279 Å². The summed E-state index contributed by atoms with van der Waals surface area (Å²) in [6.07, 6.45) is 2.65. The Balaban J connectivity index is 1.02. The molecule has 5 aromatic rings. The number of halogens is 1. The number of carbonyl (C=O) groups is 1. The minimum Gasteiger partial charge on any atom is -0.491 e. The minimum absolute atomic E-state index is 0.0265. The zero-order valence-corrected chi connectivity index (χ0v) is 27.8. The number of carboxylic acids is 1. The first-order valence-electron chi connectivity index (χ1n) is 15.7. The largest absolute Gasteiger partial charge is 0.491 e. The molecule has 244 valence electrons. The molecule has 47 heavy (non-hydrogen) atoms. The van der Waals surface area contributed by atoms with Crippen LogP contribution in [0.2, 0.25) is 0 Å². The van der Waals surface area contributed by atoms with Crippen molar-refractivity contribution in [1.82, 2.24) is 25.1 Å². The molecule has 0 unspecified atom stereocenters. The van der Waals surface area contributed by atoms with Gasteiger partial charge in [0.1, 0.15) is 0 Å². The summed E-state index contributed by atoms with van der Waals surface area (Å²) in [5.41, 5.74) is 3.84. The number of anilines is 5. The normalized spacial score (nSPS) is 15.2. The summed E-state index contributed by atoms with van der Waals surface area (Å²) in [6, 6.07) is 13.1. The van der Waals surface area contributed by atoms with Gasteiger partial charge >= 0.3 is 5.97 Å². The number of carboxylic acid groups (broad SMARTS) is 1. The fraction of sp³-hybridized carbons (Fsp3) is 0.364. The van der Waals surface area contributed by atoms with E-state index in [9.17, 15) is 14.3 Å². The molecule has 7 rings (SSSR count). The Kier molecular flexibility index (Phi) is 8.88. The molecule has 0 aliphatic carbocycles. The number of nitrogens with one attached hydrogen (secondary N) is 1. The van der Waals surface area contributed by atoms with Gasteiger partial charge in [-0.2, -0.15) is 0 Å². The van der Waals surface area contributed by atoms with E-state index < -0.39 is 11.8 Å². The third kappa shape index (κ3) is 6.58. The third-order valence-electron chi connectivity index (χ3n) is 8.62. The molecule has 5 heterocycles. The number of nitrogens with zero attached hydrogens (tertiary/aromatic N) is 7. The number of aromatic carboxylic acids is 1. The van der Waals surface area contributed by atoms with Gasteiger partial charge in [0, 0.05) is 60.5 Å². The number of likely N-dealkylation sites (N-methyl/N-ethyl adjacent to an activating group) is 1. The first-order valence-corrected chi connectivity index (χ1v) is 17.3. The highest BCUT2D eigenvalue weighted by molar-refractivity contribution is 7.22. The van der Waals surface area contributed by atoms with Gasteiger partial charge in [0.2, 0.25) is 0 Å². The van der Waals surface area contributed by atoms with Crippen LogP contribution >= 0.6 is 22.7 Å². The van der Waals surface area contributed by atoms with Gasteiger partial charge < -0.3 is 29.9 Å². The standard InChI is InChI=1S/C33H35FN8O3S2/c1-20-22-7-5-13-42(30(22)39-38-29(20)37-32-35-24-8-3-4-9-26(24)46-32)33-36-28(31(43)44)27(47-33)10-6-18-45-25-12-11-21(19-23(25)34)41-16-14-40(2)15-17-41/h3-4,8-9,11-12,19H,5-7,10,13-18H2,1-2H3,(H,43,44)(H,35,37,38). The highest BCUT2D eigenvalue weighted by Crippen LogP contribution is 2.39. The third-order valence-corrected chi connectivity index (χ3v) is 10.7. The number of rotatable bonds is 10. The maximum absolute atomic E-state index is 14.9. The molecule has 2 aliphatic rings. The number of fused-ring (bicyclic) bond motifs is 2. The van der Waals surface area contributed by atoms with Crippen LogP contribution in [0.15, 0.2) is 42.5 Å². The molecule has 2 N–H and O–H groups in total. The summed E-state index contributed by atoms with van der Waals surface area (Å²) < 4.78 is 21.7. The van der Waals surface area contributed by atoms with Crippen molar-refractivity contribution in [3.8, 4) is 5.75 Å². The van der Waals surface area contributed by atoms with E-state index in [2.05, 4.69) is 42.3 Å². The Morgan fingerprint density at radius 2 is 1.89 bits per heavy atom. The molecule has 14 heteroatoms. The summed E-state index contributed by atoms with van der Waals surface area (Å²) in [7, 11) is 2.09. The van der Waals surface area contributed by atoms with Crippen LogP contribution in [0.1, 0.15) is 39.3 Å². The van der Waals surface area contributed by atoms with Gasteiger partial charge in [-0.15, -0.1) is 21.5 Å². The van der Waals surface area contributed by atoms with Gasteiger partial charge in [-0.3, -0.25) is 0 Å². The first kappa shape index (κ1) is 31.2. The monoisotopic (exact) mass is 674 g/mol. The molecule has 0 saturated carbocycles. The highest BCUT2D eigenvalue weighted by Gasteiger charge is 2.28. The van der Waals surface area contributed by atoms with Crippen molar-refractivity contribution in [2.45, 2.75) is 32.6 Å². The average molecular weight is 675 g/mol. The topological polar surface area (TPSA) is 120 Å². The Bertz CT molecular complexity index is 1890. The lowest BCUT2D eigenvalue weighted by atomic mass is 10.0. The zero-order chi connectivity index (χ0) is 32.5. The highest BCUT2D eigenvalue weighted by atomic mass is 32.1. The summed E-state index contributed by atoms with van der Waals surface area (Å²) in [5, 5.41) is 23.7. The average Bonchev–Trinajstić information content (AvgIpc) is 3.69. The second kappa shape index (κ2) is 13.4. The van der Waals surface area contributed by atoms with Crippen LogP contribution in [0.3, 0.4) is 0 Å². The first-order chi connectivity index (χ1) is 22.8. The van der Waals surface area contributed by atoms with Crippen LogP contribution in [0.5, 0.6) is 5.75 Å². The van der Waals surface area contributed by atoms with Crippen molar-refractivity contribution in [3.05, 3.63) is 70.0 Å². The SMILES string of the molecule is Cc1c(Nc2nc3ccccc3s2)nnc2c1CCCN2c1nc(C(=O)O)c(CCCOc2ccc(N3CCN(C)CC3)cc2F)s1. The Morgan fingerprint density at radius 3 is 2.68 bits per heavy atom. The number of piperazine rings is 1. The van der Waals surface area contributed by atoms with Crippen LogP contribution in [0, 0.1) is 12.7 Å². The number of ether oxygens (including phenoxy) is 1. The number of benzene rings is 2. The molecule has 0 radical (unpaired) electrons. The lowest BCUT2D eigenvalue weighted by molar-refractivity contribution is 0.0690. The molecule has 2 aromatic carbocycles. The van der Waals surface area contributed by atoms with E-state index in [1.807, 2.05) is 42.2 Å². The van der Waals surface area contributed by atoms with E-state index in [0.717, 1.165) is 71.2 Å². The number of aromatic nitrogens is 4. The van der Waals surface area contributed by atoms with Crippen LogP contribution in [-0.4, -0.2) is 82.5 Å². The quantitative estimate of drug-likeness (QED) is 0.163. The maximum Gasteiger partial charge on any atom is 0.355 e. The van der Waals surface area contributed by atoms with E-state index in [4.69, 9.17) is 4.74 Å². The summed E-state index contributed by atoms with van der Waals surface area (Å²) >= 11 is 2.90. The minimum atomic E-state index is -1.08. The van der Waals surface area contributed by atoms with Gasteiger partial charge in [-0.05, 0) is 63.9 Å². The molecule has 0 bridgehead atoms. The maximum atomic E-state index is 14.9. The number of hydrogen-bond acceptors (Lipinski definition) is 12. The molecule has 0 spiro atoms. The van der Waals surface area contributed by atoms with Gasteiger partial charge in [0.15, 0.2) is 39.2 Å². The molecule has 1 saturated heterocycles. The van der Waals surface area contributed by atoms with Gasteiger partial charge in [-0.25, -0.2) is 19.2 Å².